The van der Waals surface area contributed by atoms with Gasteiger partial charge in [-0.05, 0) is 24.7 Å². The van der Waals surface area contributed by atoms with Gasteiger partial charge in [-0.3, -0.25) is 0 Å². The number of hydrogen-bond donors (Lipinski definition) is 1. The third-order valence-corrected chi connectivity index (χ3v) is 3.18. The van der Waals surface area contributed by atoms with Crippen molar-refractivity contribution in [3.63, 3.8) is 0 Å². The zero-order chi connectivity index (χ0) is 10.0. The summed E-state index contributed by atoms with van der Waals surface area (Å²) in [4.78, 5) is 13.0. The minimum atomic E-state index is 0.0333. The molecule has 0 bridgehead atoms. The van der Waals surface area contributed by atoms with Crippen LogP contribution in [0.15, 0.2) is 0 Å². The van der Waals surface area contributed by atoms with E-state index in [1.54, 1.807) is 19.0 Å². The SMILES string of the molecule is CC1CCC(NC(=O)N(C)C)C1C. The summed E-state index contributed by atoms with van der Waals surface area (Å²) in [7, 11) is 3.55. The van der Waals surface area contributed by atoms with Crippen LogP contribution in [-0.4, -0.2) is 31.1 Å². The molecule has 0 aromatic carbocycles. The van der Waals surface area contributed by atoms with Crippen molar-refractivity contribution in [1.29, 1.82) is 0 Å². The van der Waals surface area contributed by atoms with Gasteiger partial charge in [0.15, 0.2) is 0 Å². The summed E-state index contributed by atoms with van der Waals surface area (Å²) in [6.45, 7) is 4.48. The van der Waals surface area contributed by atoms with E-state index in [1.807, 2.05) is 0 Å². The number of hydrogen-bond acceptors (Lipinski definition) is 1. The van der Waals surface area contributed by atoms with Crippen LogP contribution >= 0.6 is 0 Å². The van der Waals surface area contributed by atoms with Gasteiger partial charge >= 0.3 is 6.03 Å². The largest absolute Gasteiger partial charge is 0.335 e. The predicted octanol–water partition coefficient (Wildman–Crippen LogP) is 1.69. The molecule has 1 aliphatic rings. The number of nitrogens with one attached hydrogen (secondary N) is 1. The molecule has 0 heterocycles. The Labute approximate surface area is 80.5 Å². The second kappa shape index (κ2) is 3.99. The monoisotopic (exact) mass is 184 g/mol. The van der Waals surface area contributed by atoms with E-state index in [0.717, 1.165) is 12.3 Å². The Bertz CT molecular complexity index is 191. The summed E-state index contributed by atoms with van der Waals surface area (Å²) >= 11 is 0. The third-order valence-electron chi connectivity index (χ3n) is 3.18. The Hall–Kier alpha value is -0.730. The normalized spacial score (nSPS) is 33.1. The first-order valence-corrected chi connectivity index (χ1v) is 5.00. The molecule has 3 atom stereocenters. The molecule has 0 aromatic heterocycles. The van der Waals surface area contributed by atoms with E-state index in [1.165, 1.54) is 6.42 Å². The Morgan fingerprint density at radius 2 is 1.92 bits per heavy atom. The van der Waals surface area contributed by atoms with E-state index in [-0.39, 0.29) is 6.03 Å². The maximum atomic E-state index is 11.4. The second-order valence-corrected chi connectivity index (χ2v) is 4.36. The molecule has 76 valence electrons. The Morgan fingerprint density at radius 3 is 2.31 bits per heavy atom. The van der Waals surface area contributed by atoms with Gasteiger partial charge in [0.1, 0.15) is 0 Å². The van der Waals surface area contributed by atoms with Crippen molar-refractivity contribution in [2.45, 2.75) is 32.7 Å². The van der Waals surface area contributed by atoms with Crippen LogP contribution in [0.4, 0.5) is 4.79 Å². The number of nitrogens with zero attached hydrogens (tertiary/aromatic N) is 1. The van der Waals surface area contributed by atoms with Crippen LogP contribution in [0.25, 0.3) is 0 Å². The third kappa shape index (κ3) is 2.36. The highest BCUT2D eigenvalue weighted by Crippen LogP contribution is 2.30. The molecule has 0 saturated heterocycles. The van der Waals surface area contributed by atoms with E-state index in [2.05, 4.69) is 19.2 Å². The van der Waals surface area contributed by atoms with Crippen molar-refractivity contribution in [2.75, 3.05) is 14.1 Å². The molecule has 0 radical (unpaired) electrons. The van der Waals surface area contributed by atoms with Crippen LogP contribution in [0.5, 0.6) is 0 Å². The maximum absolute atomic E-state index is 11.4. The first-order valence-electron chi connectivity index (χ1n) is 5.00. The maximum Gasteiger partial charge on any atom is 0.317 e. The van der Waals surface area contributed by atoms with E-state index in [9.17, 15) is 4.79 Å². The number of rotatable bonds is 1. The van der Waals surface area contributed by atoms with Crippen LogP contribution in [0.1, 0.15) is 26.7 Å². The summed E-state index contributed by atoms with van der Waals surface area (Å²) < 4.78 is 0. The van der Waals surface area contributed by atoms with Crippen molar-refractivity contribution in [3.8, 4) is 0 Å². The van der Waals surface area contributed by atoms with Crippen molar-refractivity contribution in [1.82, 2.24) is 10.2 Å². The molecule has 0 aliphatic heterocycles. The molecular weight excluding hydrogens is 164 g/mol. The zero-order valence-electron chi connectivity index (χ0n) is 9.00. The fourth-order valence-electron chi connectivity index (χ4n) is 1.86. The fraction of sp³-hybridized carbons (Fsp3) is 0.900. The topological polar surface area (TPSA) is 32.3 Å². The highest BCUT2D eigenvalue weighted by molar-refractivity contribution is 5.73. The van der Waals surface area contributed by atoms with Crippen LogP contribution in [0.2, 0.25) is 0 Å². The first-order chi connectivity index (χ1) is 6.02. The van der Waals surface area contributed by atoms with Gasteiger partial charge in [0.25, 0.3) is 0 Å². The van der Waals surface area contributed by atoms with Gasteiger partial charge in [0.2, 0.25) is 0 Å². The van der Waals surface area contributed by atoms with Crippen LogP contribution in [0, 0.1) is 11.8 Å². The lowest BCUT2D eigenvalue weighted by Crippen LogP contribution is -2.43. The Balaban J connectivity index is 2.42. The molecule has 3 unspecified atom stereocenters. The molecule has 1 aliphatic carbocycles. The minimum absolute atomic E-state index is 0.0333. The van der Waals surface area contributed by atoms with Gasteiger partial charge in [-0.15, -0.1) is 0 Å². The summed E-state index contributed by atoms with van der Waals surface area (Å²) in [6, 6.07) is 0.413. The molecule has 1 fully saturated rings. The molecule has 1 rings (SSSR count). The molecule has 3 nitrogen and oxygen atoms in total. The van der Waals surface area contributed by atoms with E-state index in [0.29, 0.717) is 12.0 Å². The quantitative estimate of drug-likeness (QED) is 0.661. The molecule has 1 saturated carbocycles. The van der Waals surface area contributed by atoms with Gasteiger partial charge in [-0.1, -0.05) is 13.8 Å². The van der Waals surface area contributed by atoms with Gasteiger partial charge in [0, 0.05) is 20.1 Å². The molecule has 0 aromatic rings. The summed E-state index contributed by atoms with van der Waals surface area (Å²) in [5.41, 5.74) is 0. The van der Waals surface area contributed by atoms with Gasteiger partial charge in [0.05, 0.1) is 0 Å². The smallest absolute Gasteiger partial charge is 0.317 e. The van der Waals surface area contributed by atoms with Gasteiger partial charge in [-0.25, -0.2) is 4.79 Å². The lowest BCUT2D eigenvalue weighted by Gasteiger charge is -2.21. The molecule has 13 heavy (non-hydrogen) atoms. The second-order valence-electron chi connectivity index (χ2n) is 4.36. The van der Waals surface area contributed by atoms with Crippen molar-refractivity contribution < 1.29 is 4.79 Å². The Kier molecular flexibility index (Phi) is 3.17. The van der Waals surface area contributed by atoms with Crippen molar-refractivity contribution >= 4 is 6.03 Å². The minimum Gasteiger partial charge on any atom is -0.335 e. The number of carbonyl (C=O) groups excluding carboxylic acids is 1. The van der Waals surface area contributed by atoms with Crippen molar-refractivity contribution in [2.24, 2.45) is 11.8 Å². The lowest BCUT2D eigenvalue weighted by atomic mass is 9.98. The predicted molar refractivity (Wildman–Crippen MR) is 53.6 cm³/mol. The van der Waals surface area contributed by atoms with Gasteiger partial charge in [-0.2, -0.15) is 0 Å². The summed E-state index contributed by atoms with van der Waals surface area (Å²) in [6.07, 6.45) is 2.36. The summed E-state index contributed by atoms with van der Waals surface area (Å²) in [5.74, 6) is 1.36. The number of amides is 2. The highest BCUT2D eigenvalue weighted by Gasteiger charge is 2.30. The average molecular weight is 184 g/mol. The number of carbonyl (C=O) groups is 1. The molecular formula is C10H20N2O. The van der Waals surface area contributed by atoms with Crippen LogP contribution < -0.4 is 5.32 Å². The lowest BCUT2D eigenvalue weighted by molar-refractivity contribution is 0.209. The van der Waals surface area contributed by atoms with E-state index in [4.69, 9.17) is 0 Å². The number of urea groups is 1. The van der Waals surface area contributed by atoms with Crippen LogP contribution in [0.3, 0.4) is 0 Å². The first kappa shape index (κ1) is 10.4. The molecule has 0 spiro atoms. The zero-order valence-corrected chi connectivity index (χ0v) is 9.00. The van der Waals surface area contributed by atoms with Gasteiger partial charge < -0.3 is 10.2 Å². The van der Waals surface area contributed by atoms with E-state index >= 15 is 0 Å². The highest BCUT2D eigenvalue weighted by atomic mass is 16.2. The molecule has 3 heteroatoms. The van der Waals surface area contributed by atoms with E-state index < -0.39 is 0 Å². The summed E-state index contributed by atoms with van der Waals surface area (Å²) in [5, 5.41) is 3.05. The Morgan fingerprint density at radius 1 is 1.31 bits per heavy atom. The van der Waals surface area contributed by atoms with Crippen LogP contribution in [-0.2, 0) is 0 Å². The van der Waals surface area contributed by atoms with Crippen molar-refractivity contribution in [3.05, 3.63) is 0 Å². The molecule has 2 amide bonds. The standard InChI is InChI=1S/C10H20N2O/c1-7-5-6-9(8(7)2)11-10(13)12(3)4/h7-9H,5-6H2,1-4H3,(H,11,13). The average Bonchev–Trinajstić information content (AvgIpc) is 2.36. The molecule has 1 N–H and O–H groups in total. The fourth-order valence-corrected chi connectivity index (χ4v) is 1.86.